The zero-order chi connectivity index (χ0) is 19.6. The van der Waals surface area contributed by atoms with Crippen LogP contribution in [0.15, 0.2) is 24.5 Å². The number of carbonyl (C=O) groups excluding carboxylic acids is 1. The molecule has 2 aromatic rings. The number of rotatable bonds is 5. The molecule has 1 aromatic heterocycles. The Morgan fingerprint density at radius 3 is 2.79 bits per heavy atom. The van der Waals surface area contributed by atoms with E-state index in [4.69, 9.17) is 9.72 Å². The van der Waals surface area contributed by atoms with E-state index in [-0.39, 0.29) is 11.4 Å². The van der Waals surface area contributed by atoms with Gasteiger partial charge in [0, 0.05) is 38.4 Å². The molecule has 6 heteroatoms. The van der Waals surface area contributed by atoms with Crippen LogP contribution in [0.1, 0.15) is 40.9 Å². The van der Waals surface area contributed by atoms with E-state index >= 15 is 0 Å². The number of hydrogen-bond acceptors (Lipinski definition) is 4. The molecule has 3 heterocycles. The summed E-state index contributed by atoms with van der Waals surface area (Å²) in [6.45, 7) is 7.69. The molecule has 0 aliphatic carbocycles. The van der Waals surface area contributed by atoms with E-state index in [1.807, 2.05) is 10.9 Å². The third-order valence-electron chi connectivity index (χ3n) is 6.23. The number of nitrogens with zero attached hydrogens (tertiary/aromatic N) is 2. The number of hydrogen-bond donors (Lipinski definition) is 2. The number of aromatic nitrogens is 2. The minimum Gasteiger partial charge on any atom is -0.381 e. The third kappa shape index (κ3) is 3.71. The van der Waals surface area contributed by atoms with E-state index in [1.165, 1.54) is 22.4 Å². The smallest absolute Gasteiger partial charge is 0.239 e. The molecule has 4 rings (SSSR count). The molecule has 2 N–H and O–H groups in total. The highest BCUT2D eigenvalue weighted by atomic mass is 16.5. The Morgan fingerprint density at radius 1 is 1.29 bits per heavy atom. The van der Waals surface area contributed by atoms with E-state index in [0.717, 1.165) is 51.1 Å². The van der Waals surface area contributed by atoms with Crippen molar-refractivity contribution in [2.45, 2.75) is 51.6 Å². The largest absolute Gasteiger partial charge is 0.381 e. The lowest BCUT2D eigenvalue weighted by Gasteiger charge is -2.40. The molecule has 0 atom stereocenters. The minimum atomic E-state index is -0.0735. The van der Waals surface area contributed by atoms with E-state index in [9.17, 15) is 4.79 Å². The van der Waals surface area contributed by atoms with Gasteiger partial charge in [-0.15, -0.1) is 0 Å². The Morgan fingerprint density at radius 2 is 2.04 bits per heavy atom. The van der Waals surface area contributed by atoms with Crippen LogP contribution < -0.4 is 10.6 Å². The van der Waals surface area contributed by atoms with Gasteiger partial charge in [-0.3, -0.25) is 4.79 Å². The summed E-state index contributed by atoms with van der Waals surface area (Å²) in [4.78, 5) is 17.2. The van der Waals surface area contributed by atoms with Crippen molar-refractivity contribution in [3.63, 3.8) is 0 Å². The zero-order valence-electron chi connectivity index (χ0n) is 16.9. The molecule has 1 aromatic carbocycles. The van der Waals surface area contributed by atoms with Crippen LogP contribution in [0.5, 0.6) is 0 Å². The molecule has 0 saturated carbocycles. The van der Waals surface area contributed by atoms with Gasteiger partial charge in [0.15, 0.2) is 0 Å². The first-order valence-electron chi connectivity index (χ1n) is 10.3. The second kappa shape index (κ2) is 8.05. The van der Waals surface area contributed by atoms with Crippen LogP contribution in [-0.2, 0) is 34.5 Å². The molecule has 2 aliphatic rings. The summed E-state index contributed by atoms with van der Waals surface area (Å²) >= 11 is 0. The van der Waals surface area contributed by atoms with Crippen LogP contribution in [0.4, 0.5) is 0 Å². The number of benzene rings is 1. The van der Waals surface area contributed by atoms with Gasteiger partial charge in [-0.05, 0) is 49.8 Å². The summed E-state index contributed by atoms with van der Waals surface area (Å²) in [7, 11) is 0. The predicted molar refractivity (Wildman–Crippen MR) is 108 cm³/mol. The van der Waals surface area contributed by atoms with Crippen molar-refractivity contribution in [2.75, 3.05) is 26.3 Å². The fourth-order valence-corrected chi connectivity index (χ4v) is 4.62. The lowest BCUT2D eigenvalue weighted by atomic mass is 9.82. The Hall–Kier alpha value is -2.18. The van der Waals surface area contributed by atoms with Crippen molar-refractivity contribution in [1.82, 2.24) is 20.2 Å². The standard InChI is InChI=1S/C22H30N4O2/c1-16-4-3-5-17(2)18(16)6-10-23-20(27)14-26-15-24-21-19(26)7-11-25-22(21)8-12-28-13-9-22/h3-5,15,25H,6-14H2,1-2H3,(H,23,27). The van der Waals surface area contributed by atoms with Gasteiger partial charge in [0.1, 0.15) is 6.54 Å². The van der Waals surface area contributed by atoms with Crippen molar-refractivity contribution < 1.29 is 9.53 Å². The van der Waals surface area contributed by atoms with Gasteiger partial charge in [0.2, 0.25) is 5.91 Å². The molecule has 0 bridgehead atoms. The van der Waals surface area contributed by atoms with Crippen LogP contribution in [0.2, 0.25) is 0 Å². The molecule has 1 saturated heterocycles. The molecule has 0 radical (unpaired) electrons. The highest BCUT2D eigenvalue weighted by Crippen LogP contribution is 2.35. The maximum Gasteiger partial charge on any atom is 0.239 e. The number of imidazole rings is 1. The monoisotopic (exact) mass is 382 g/mol. The molecule has 150 valence electrons. The SMILES string of the molecule is Cc1cccc(C)c1CCNC(=O)Cn1cnc2c1CCNC21CCOCC1. The Balaban J connectivity index is 1.38. The van der Waals surface area contributed by atoms with Gasteiger partial charge in [0.05, 0.1) is 17.6 Å². The van der Waals surface area contributed by atoms with Gasteiger partial charge in [-0.25, -0.2) is 4.98 Å². The third-order valence-corrected chi connectivity index (χ3v) is 6.23. The molecule has 0 unspecified atom stereocenters. The first-order chi connectivity index (χ1) is 13.6. The molecular weight excluding hydrogens is 352 g/mol. The maximum absolute atomic E-state index is 12.5. The summed E-state index contributed by atoms with van der Waals surface area (Å²) in [5.41, 5.74) is 6.14. The fraction of sp³-hybridized carbons (Fsp3) is 0.545. The highest BCUT2D eigenvalue weighted by molar-refractivity contribution is 5.75. The van der Waals surface area contributed by atoms with Crippen molar-refractivity contribution in [3.8, 4) is 0 Å². The second-order valence-corrected chi connectivity index (χ2v) is 8.01. The van der Waals surface area contributed by atoms with Gasteiger partial charge in [0.25, 0.3) is 0 Å². The van der Waals surface area contributed by atoms with Crippen molar-refractivity contribution in [3.05, 3.63) is 52.6 Å². The predicted octanol–water partition coefficient (Wildman–Crippen LogP) is 2.01. The fourth-order valence-electron chi connectivity index (χ4n) is 4.62. The van der Waals surface area contributed by atoms with Crippen molar-refractivity contribution >= 4 is 5.91 Å². The van der Waals surface area contributed by atoms with Crippen LogP contribution in [0.25, 0.3) is 0 Å². The van der Waals surface area contributed by atoms with Crippen LogP contribution in [0, 0.1) is 13.8 Å². The second-order valence-electron chi connectivity index (χ2n) is 8.01. The summed E-state index contributed by atoms with van der Waals surface area (Å²) < 4.78 is 7.57. The maximum atomic E-state index is 12.5. The Labute approximate surface area is 166 Å². The van der Waals surface area contributed by atoms with E-state index in [2.05, 4.69) is 42.7 Å². The minimum absolute atomic E-state index is 0.0472. The molecular formula is C22H30N4O2. The summed E-state index contributed by atoms with van der Waals surface area (Å²) in [5, 5.41) is 6.74. The lowest BCUT2D eigenvalue weighted by Crippen LogP contribution is -2.51. The lowest BCUT2D eigenvalue weighted by molar-refractivity contribution is -0.121. The highest BCUT2D eigenvalue weighted by Gasteiger charge is 2.40. The van der Waals surface area contributed by atoms with Crippen molar-refractivity contribution in [1.29, 1.82) is 0 Å². The Kier molecular flexibility index (Phi) is 5.51. The number of aryl methyl sites for hydroxylation is 2. The van der Waals surface area contributed by atoms with E-state index in [1.54, 1.807) is 0 Å². The molecule has 1 spiro atoms. The summed E-state index contributed by atoms with van der Waals surface area (Å²) in [6, 6.07) is 6.33. The topological polar surface area (TPSA) is 68.2 Å². The summed E-state index contributed by atoms with van der Waals surface area (Å²) in [5.74, 6) is 0.0472. The number of fused-ring (bicyclic) bond motifs is 2. The molecule has 28 heavy (non-hydrogen) atoms. The van der Waals surface area contributed by atoms with Gasteiger partial charge < -0.3 is 19.9 Å². The number of nitrogens with one attached hydrogen (secondary N) is 2. The number of amides is 1. The van der Waals surface area contributed by atoms with Gasteiger partial charge in [-0.1, -0.05) is 18.2 Å². The molecule has 1 amide bonds. The zero-order valence-corrected chi connectivity index (χ0v) is 16.9. The molecule has 1 fully saturated rings. The van der Waals surface area contributed by atoms with Crippen LogP contribution in [0.3, 0.4) is 0 Å². The first-order valence-corrected chi connectivity index (χ1v) is 10.3. The average molecular weight is 383 g/mol. The number of ether oxygens (including phenoxy) is 1. The van der Waals surface area contributed by atoms with Gasteiger partial charge in [-0.2, -0.15) is 0 Å². The normalized spacial score (nSPS) is 18.1. The quantitative estimate of drug-likeness (QED) is 0.830. The first kappa shape index (κ1) is 19.2. The number of carbonyl (C=O) groups is 1. The van der Waals surface area contributed by atoms with E-state index < -0.39 is 0 Å². The van der Waals surface area contributed by atoms with Crippen LogP contribution >= 0.6 is 0 Å². The average Bonchev–Trinajstić information content (AvgIpc) is 3.09. The van der Waals surface area contributed by atoms with E-state index in [0.29, 0.717) is 13.1 Å². The van der Waals surface area contributed by atoms with Gasteiger partial charge >= 0.3 is 0 Å². The van der Waals surface area contributed by atoms with Crippen molar-refractivity contribution in [2.24, 2.45) is 0 Å². The summed E-state index contributed by atoms with van der Waals surface area (Å²) in [6.07, 6.45) is 5.49. The molecule has 2 aliphatic heterocycles. The van der Waals surface area contributed by atoms with Crippen LogP contribution in [-0.4, -0.2) is 41.8 Å². The Bertz CT molecular complexity index is 832. The molecule has 6 nitrogen and oxygen atoms in total.